The van der Waals surface area contributed by atoms with Crippen LogP contribution in [-0.4, -0.2) is 229 Å². The van der Waals surface area contributed by atoms with Crippen LogP contribution >= 0.6 is 24.4 Å². The van der Waals surface area contributed by atoms with E-state index < -0.39 is 169 Å². The van der Waals surface area contributed by atoms with Gasteiger partial charge in [0.15, 0.2) is 0 Å². The number of benzene rings is 4. The number of aliphatic hydroxyl groups excluding tert-OH is 3. The number of aliphatic hydroxyl groups is 3. The molecular weight excluding hydrogens is 1360 g/mol. The normalized spacial score (nSPS) is 20.0. The number of aromatic nitrogens is 1. The minimum atomic E-state index is -1.78. The van der Waals surface area contributed by atoms with Gasteiger partial charge in [0.05, 0.1) is 24.6 Å². The fourth-order valence-electron chi connectivity index (χ4n) is 10.9. The first kappa shape index (κ1) is 81.1. The third kappa shape index (κ3) is 24.5. The topological polar surface area (TPSA) is 523 Å². The number of carbonyl (C=O) groups is 12. The number of unbranched alkanes of at least 4 members (excludes halogenated alkanes) is 1. The summed E-state index contributed by atoms with van der Waals surface area (Å²) < 4.78 is 0. The van der Waals surface area contributed by atoms with E-state index in [1.54, 1.807) is 60.8 Å². The maximum absolute atomic E-state index is 15.2. The van der Waals surface area contributed by atoms with Gasteiger partial charge in [-0.1, -0.05) is 72.8 Å². The Morgan fingerprint density at radius 1 is 0.637 bits per heavy atom. The number of para-hydroxylation sites is 1. The number of aromatic amines is 1. The summed E-state index contributed by atoms with van der Waals surface area (Å²) in [4.78, 5) is 173. The number of aromatic hydroxyl groups is 1. The molecule has 4 aromatic carbocycles. The quantitative estimate of drug-likeness (QED) is 0.0112. The van der Waals surface area contributed by atoms with Gasteiger partial charge in [-0.3, -0.25) is 52.7 Å². The molecule has 4 unspecified atom stereocenters. The number of hydrogen-bond donors (Lipinski definition) is 20. The number of amides is 11. The van der Waals surface area contributed by atoms with Crippen molar-refractivity contribution in [3.63, 3.8) is 0 Å². The van der Waals surface area contributed by atoms with Crippen molar-refractivity contribution in [1.82, 2.24) is 63.1 Å². The number of carbonyl (C=O) groups excluding carboxylic acids is 11. The molecule has 6 rings (SSSR count). The van der Waals surface area contributed by atoms with Crippen LogP contribution in [0, 0.1) is 0 Å². The summed E-state index contributed by atoms with van der Waals surface area (Å²) in [5, 5.41) is 76.5. The highest BCUT2D eigenvalue weighted by atomic mass is 32.2. The van der Waals surface area contributed by atoms with Gasteiger partial charge < -0.3 is 106 Å². The second kappa shape index (κ2) is 40.0. The van der Waals surface area contributed by atoms with E-state index >= 15 is 14.4 Å². The summed E-state index contributed by atoms with van der Waals surface area (Å²) in [6, 6.07) is 10.7. The Morgan fingerprint density at radius 3 is 1.84 bits per heavy atom. The fraction of sp³-hybridized carbons (Fsp3) is 0.441. The number of phenols is 1. The first-order valence-electron chi connectivity index (χ1n) is 32.9. The Bertz CT molecular complexity index is 3700. The molecule has 1 aliphatic rings. The van der Waals surface area contributed by atoms with E-state index in [1.165, 1.54) is 50.4 Å². The molecule has 552 valence electrons. The molecule has 32 nitrogen and oxygen atoms in total. The van der Waals surface area contributed by atoms with Crippen LogP contribution in [0.2, 0.25) is 0 Å². The zero-order valence-corrected chi connectivity index (χ0v) is 58.2. The molecule has 2 heterocycles. The van der Waals surface area contributed by atoms with Gasteiger partial charge in [-0.05, 0) is 104 Å². The number of thioether (sulfide) groups is 1. The Morgan fingerprint density at radius 2 is 1.21 bits per heavy atom. The van der Waals surface area contributed by atoms with Crippen LogP contribution in [0.3, 0.4) is 0 Å². The maximum Gasteiger partial charge on any atom is 0.328 e. The molecule has 1 aliphatic heterocycles. The summed E-state index contributed by atoms with van der Waals surface area (Å²) in [7, 11) is 1.30. The van der Waals surface area contributed by atoms with Gasteiger partial charge in [-0.15, -0.1) is 0 Å². The van der Waals surface area contributed by atoms with Crippen LogP contribution in [-0.2, 0) is 83.2 Å². The summed E-state index contributed by atoms with van der Waals surface area (Å²) in [5.41, 5.74) is 21.2. The minimum Gasteiger partial charge on any atom is -0.508 e. The van der Waals surface area contributed by atoms with E-state index in [2.05, 4.69) is 65.5 Å². The van der Waals surface area contributed by atoms with E-state index in [0.29, 0.717) is 51.7 Å². The number of hydrogen-bond acceptors (Lipinski definition) is 21. The van der Waals surface area contributed by atoms with Crippen molar-refractivity contribution in [3.8, 4) is 5.75 Å². The highest BCUT2D eigenvalue weighted by Gasteiger charge is 2.40. The van der Waals surface area contributed by atoms with Crippen LogP contribution < -0.4 is 70.4 Å². The SMILES string of the molecule is CC(O)C(NC(=O)[C@H](CS)NC(=O)[C@H](Cc1ccc(N)cc1)NC(=O)[C@@H](N)CNC(=O)CSCC[C@H]1C(=O)N[C@@H](Cc2ccc(O)cc2)C(=O)N[C@H](Cc2c[nH]c3ccccc23)C(=O)N[C@@H](CCCCN)C(=O)NC(C(C)O)C(=O)N[C@@H](Cc2ccccc2)C(=O)N1C)C(=O)N[C@@H](CO)C(=O)O. The molecule has 5 aromatic rings. The van der Waals surface area contributed by atoms with E-state index in [4.69, 9.17) is 17.2 Å². The van der Waals surface area contributed by atoms with Crippen LogP contribution in [0.15, 0.2) is 109 Å². The van der Waals surface area contributed by atoms with Crippen molar-refractivity contribution in [1.29, 1.82) is 0 Å². The summed E-state index contributed by atoms with van der Waals surface area (Å²) in [6.45, 7) is 1.10. The van der Waals surface area contributed by atoms with Gasteiger partial charge in [-0.2, -0.15) is 24.4 Å². The zero-order valence-electron chi connectivity index (χ0n) is 56.5. The lowest BCUT2D eigenvalue weighted by Crippen LogP contribution is -2.63. The Balaban J connectivity index is 1.24. The van der Waals surface area contributed by atoms with Gasteiger partial charge in [0.25, 0.3) is 0 Å². The van der Waals surface area contributed by atoms with Crippen LogP contribution in [0.1, 0.15) is 61.8 Å². The smallest absolute Gasteiger partial charge is 0.328 e. The number of nitrogens with zero attached hydrogens (tertiary/aromatic N) is 1. The molecule has 102 heavy (non-hydrogen) atoms. The van der Waals surface area contributed by atoms with Crippen molar-refractivity contribution in [3.05, 3.63) is 132 Å². The number of H-pyrrole nitrogens is 1. The number of carboxylic acid groups (broad SMARTS) is 1. The van der Waals surface area contributed by atoms with Gasteiger partial charge in [-0.25, -0.2) is 4.79 Å². The van der Waals surface area contributed by atoms with Crippen molar-refractivity contribution in [2.45, 2.75) is 144 Å². The molecule has 0 aliphatic carbocycles. The van der Waals surface area contributed by atoms with Gasteiger partial charge in [0.1, 0.15) is 72.2 Å². The van der Waals surface area contributed by atoms with Crippen LogP contribution in [0.25, 0.3) is 10.9 Å². The lowest BCUT2D eigenvalue weighted by atomic mass is 10.00. The Labute approximate surface area is 597 Å². The number of phenolic OH excluding ortho intramolecular Hbond substituents is 1. The van der Waals surface area contributed by atoms with E-state index in [-0.39, 0.29) is 62.3 Å². The number of nitrogens with two attached hydrogens (primary N) is 3. The predicted molar refractivity (Wildman–Crippen MR) is 380 cm³/mol. The molecular formula is C68H91N15O17S2. The van der Waals surface area contributed by atoms with Gasteiger partial charge in [0.2, 0.25) is 65.0 Å². The number of aliphatic carboxylic acids is 1. The minimum absolute atomic E-state index is 0.00768. The number of likely N-dealkylation sites (N-methyl/N-ethyl adjacent to an activating group) is 1. The van der Waals surface area contributed by atoms with E-state index in [1.807, 2.05) is 17.4 Å². The molecule has 1 fully saturated rings. The summed E-state index contributed by atoms with van der Waals surface area (Å²) in [5.74, 6) is -12.5. The molecule has 0 radical (unpaired) electrons. The number of fused-ring (bicyclic) bond motifs is 1. The highest BCUT2D eigenvalue weighted by Crippen LogP contribution is 2.22. The molecule has 1 saturated heterocycles. The molecule has 1 aromatic heterocycles. The molecule has 0 saturated carbocycles. The number of rotatable bonds is 32. The number of carboxylic acids is 1. The second-order valence-corrected chi connectivity index (χ2v) is 26.1. The molecule has 11 amide bonds. The van der Waals surface area contributed by atoms with E-state index in [9.17, 15) is 68.7 Å². The Kier molecular flexibility index (Phi) is 31.8. The predicted octanol–water partition coefficient (Wildman–Crippen LogP) is -3.61. The van der Waals surface area contributed by atoms with Crippen LogP contribution in [0.4, 0.5) is 5.69 Å². The summed E-state index contributed by atoms with van der Waals surface area (Å²) in [6.07, 6.45) is -1.73. The van der Waals surface area contributed by atoms with E-state index in [0.717, 1.165) is 23.6 Å². The molecule has 0 spiro atoms. The maximum atomic E-state index is 15.2. The average Bonchev–Trinajstić information content (AvgIpc) is 1.56. The summed E-state index contributed by atoms with van der Waals surface area (Å²) >= 11 is 5.16. The van der Waals surface area contributed by atoms with Crippen molar-refractivity contribution < 1.29 is 83.1 Å². The molecule has 13 atom stereocenters. The van der Waals surface area contributed by atoms with Crippen LogP contribution in [0.5, 0.6) is 5.75 Å². The number of anilines is 1. The first-order chi connectivity index (χ1) is 48.6. The largest absolute Gasteiger partial charge is 0.508 e. The average molecular weight is 1450 g/mol. The standard InChI is InChI=1S/C68H91N15O17S2/c1-36(85)56-65(96)78-51(29-38-11-5-4-6-12-38)67(98)83(3)54(64(95)77-49(28-40-18-22-43(87)23-19-40)60(91)76-50(30-41-31-72-46-14-8-7-13-44(41)46)62(93)74-47(59(90)81-56)15-9-10-25-69)24-26-102-35-55(88)73-32-45(71)58(89)75-48(27-39-16-20-42(70)21-17-39)61(92)80-53(34-101)63(94)82-57(37(2)86)66(97)79-52(33-84)68(99)100/h4-8,11-14,16-23,31,36-37,45,47-54,56-57,72,84-87,101H,9-10,15,24-30,32-35,69-71H2,1-3H3,(H,73,88)(H,74,93)(H,75,89)(H,76,91)(H,77,95)(H,78,96)(H,79,97)(H,80,92)(H,81,90)(H,82,94)(H,99,100)/t36?,37?,45-,47-,48-,49-,50+,51-,52-,53-,54-,56?,57?/m0/s1. The Hall–Kier alpha value is -9.84. The molecule has 34 heteroatoms. The van der Waals surface area contributed by atoms with Gasteiger partial charge in [0, 0.05) is 67.8 Å². The second-order valence-electron chi connectivity index (χ2n) is 24.7. The number of nitrogen functional groups attached to an aromatic ring is 1. The first-order valence-corrected chi connectivity index (χ1v) is 34.7. The molecule has 0 bridgehead atoms. The zero-order chi connectivity index (χ0) is 74.7. The van der Waals surface area contributed by atoms with Crippen molar-refractivity contribution >= 4 is 112 Å². The van der Waals surface area contributed by atoms with Crippen molar-refractivity contribution in [2.75, 3.05) is 49.7 Å². The lowest BCUT2D eigenvalue weighted by Gasteiger charge is -2.33. The lowest BCUT2D eigenvalue weighted by molar-refractivity contribution is -0.144. The third-order valence-electron chi connectivity index (χ3n) is 16.8. The highest BCUT2D eigenvalue weighted by molar-refractivity contribution is 7.99. The number of nitrogens with one attached hydrogen (secondary N) is 11. The molecule has 22 N–H and O–H groups in total. The number of thiol groups is 1. The van der Waals surface area contributed by atoms with Gasteiger partial charge >= 0.3 is 5.97 Å². The fourth-order valence-corrected chi connectivity index (χ4v) is 12.0. The third-order valence-corrected chi connectivity index (χ3v) is 18.1. The van der Waals surface area contributed by atoms with Crippen molar-refractivity contribution in [2.24, 2.45) is 11.5 Å². The monoisotopic (exact) mass is 1450 g/mol.